The molecule has 1 aliphatic rings. The number of nitrogens with two attached hydrogens (primary N) is 1. The maximum atomic E-state index is 13.4. The minimum Gasteiger partial charge on any atom is -0.450 e. The van der Waals surface area contributed by atoms with Crippen LogP contribution in [0, 0.1) is 6.92 Å². The summed E-state index contributed by atoms with van der Waals surface area (Å²) in [6.45, 7) is 1.37. The Kier molecular flexibility index (Phi) is 5.19. The van der Waals surface area contributed by atoms with E-state index < -0.39 is 23.5 Å². The Hall–Kier alpha value is -2.39. The van der Waals surface area contributed by atoms with E-state index in [0.29, 0.717) is 0 Å². The van der Waals surface area contributed by atoms with Gasteiger partial charge in [-0.3, -0.25) is 9.69 Å². The third-order valence-electron chi connectivity index (χ3n) is 3.41. The fraction of sp³-hybridized carbons (Fsp3) is 0.267. The van der Waals surface area contributed by atoms with Crippen molar-refractivity contribution in [3.05, 3.63) is 41.3 Å². The van der Waals surface area contributed by atoms with Crippen molar-refractivity contribution >= 4 is 24.1 Å². The van der Waals surface area contributed by atoms with Crippen molar-refractivity contribution in [2.24, 2.45) is 5.73 Å². The number of ether oxygens (including phenoxy) is 1. The number of anilines is 1. The van der Waals surface area contributed by atoms with Crippen molar-refractivity contribution in [1.29, 1.82) is 0 Å². The third-order valence-corrected chi connectivity index (χ3v) is 3.41. The molecular weight excluding hydrogens is 361 g/mol. The first kappa shape index (κ1) is 18.9. The van der Waals surface area contributed by atoms with E-state index in [-0.39, 0.29) is 48.5 Å². The highest BCUT2D eigenvalue weighted by Crippen LogP contribution is 2.44. The fourth-order valence-corrected chi connectivity index (χ4v) is 2.44. The monoisotopic (exact) mass is 374 g/mol. The Morgan fingerprint density at radius 2 is 1.92 bits per heavy atom. The summed E-state index contributed by atoms with van der Waals surface area (Å²) in [7, 11) is 0. The standard InChI is InChI=1S/C15H13F3N4O2.ClH/c1-8-20-12(15(16,17)18)11-13(21-8)22(7-6-19)14(23)9-4-2-3-5-10(9)24-11;/h2-5H,6-7,19H2,1H3;1H. The van der Waals surface area contributed by atoms with Gasteiger partial charge in [0.1, 0.15) is 11.6 Å². The highest BCUT2D eigenvalue weighted by molar-refractivity contribution is 6.09. The second-order valence-corrected chi connectivity index (χ2v) is 5.11. The Labute approximate surface area is 147 Å². The van der Waals surface area contributed by atoms with Gasteiger partial charge in [0, 0.05) is 13.1 Å². The molecule has 2 aromatic rings. The van der Waals surface area contributed by atoms with Crippen LogP contribution in [0.15, 0.2) is 24.3 Å². The molecule has 1 aromatic carbocycles. The molecule has 3 rings (SSSR count). The maximum absolute atomic E-state index is 13.4. The first-order valence-electron chi connectivity index (χ1n) is 7.07. The molecule has 0 unspecified atom stereocenters. The van der Waals surface area contributed by atoms with E-state index in [1.54, 1.807) is 12.1 Å². The number of aromatic nitrogens is 2. The van der Waals surface area contributed by atoms with Crippen LogP contribution < -0.4 is 15.4 Å². The third kappa shape index (κ3) is 3.38. The van der Waals surface area contributed by atoms with Crippen molar-refractivity contribution < 1.29 is 22.7 Å². The van der Waals surface area contributed by atoms with Crippen LogP contribution in [0.3, 0.4) is 0 Å². The van der Waals surface area contributed by atoms with Gasteiger partial charge in [0.15, 0.2) is 11.5 Å². The number of carbonyl (C=O) groups is 1. The zero-order valence-corrected chi connectivity index (χ0v) is 13.8. The average molecular weight is 375 g/mol. The van der Waals surface area contributed by atoms with Crippen molar-refractivity contribution in [2.75, 3.05) is 18.0 Å². The molecule has 0 spiro atoms. The van der Waals surface area contributed by atoms with Gasteiger partial charge in [-0.15, -0.1) is 12.4 Å². The Bertz CT molecular complexity index is 814. The molecule has 0 atom stereocenters. The number of para-hydroxylation sites is 1. The van der Waals surface area contributed by atoms with E-state index >= 15 is 0 Å². The number of fused-ring (bicyclic) bond motifs is 2. The number of hydrogen-bond acceptors (Lipinski definition) is 5. The predicted octanol–water partition coefficient (Wildman–Crippen LogP) is 2.94. The van der Waals surface area contributed by atoms with E-state index in [4.69, 9.17) is 10.5 Å². The quantitative estimate of drug-likeness (QED) is 0.874. The molecule has 134 valence electrons. The number of rotatable bonds is 2. The van der Waals surface area contributed by atoms with Gasteiger partial charge >= 0.3 is 6.18 Å². The molecule has 10 heteroatoms. The van der Waals surface area contributed by atoms with Crippen LogP contribution in [0.25, 0.3) is 0 Å². The molecule has 1 aromatic heterocycles. The molecule has 0 radical (unpaired) electrons. The molecular formula is C15H14ClF3N4O2. The summed E-state index contributed by atoms with van der Waals surface area (Å²) in [4.78, 5) is 21.3. The van der Waals surface area contributed by atoms with E-state index in [2.05, 4.69) is 9.97 Å². The normalized spacial score (nSPS) is 13.3. The average Bonchev–Trinajstić information content (AvgIpc) is 2.63. The summed E-state index contributed by atoms with van der Waals surface area (Å²) < 4.78 is 45.5. The summed E-state index contributed by atoms with van der Waals surface area (Å²) >= 11 is 0. The topological polar surface area (TPSA) is 81.3 Å². The largest absolute Gasteiger partial charge is 0.450 e. The van der Waals surface area contributed by atoms with E-state index in [0.717, 1.165) is 4.90 Å². The van der Waals surface area contributed by atoms with Gasteiger partial charge in [0.2, 0.25) is 5.75 Å². The zero-order chi connectivity index (χ0) is 17.5. The second kappa shape index (κ2) is 6.85. The van der Waals surface area contributed by atoms with Crippen LogP contribution >= 0.6 is 12.4 Å². The van der Waals surface area contributed by atoms with E-state index in [1.165, 1.54) is 19.1 Å². The van der Waals surface area contributed by atoms with Crippen molar-refractivity contribution in [3.63, 3.8) is 0 Å². The van der Waals surface area contributed by atoms with Gasteiger partial charge in [0.25, 0.3) is 5.91 Å². The molecule has 25 heavy (non-hydrogen) atoms. The van der Waals surface area contributed by atoms with Crippen LogP contribution in [0.5, 0.6) is 11.5 Å². The van der Waals surface area contributed by atoms with E-state index in [9.17, 15) is 18.0 Å². The number of halogens is 4. The highest BCUT2D eigenvalue weighted by atomic mass is 35.5. The van der Waals surface area contributed by atoms with Crippen LogP contribution in [0.1, 0.15) is 21.9 Å². The van der Waals surface area contributed by atoms with Crippen molar-refractivity contribution in [3.8, 4) is 11.5 Å². The van der Waals surface area contributed by atoms with Gasteiger partial charge in [-0.25, -0.2) is 9.97 Å². The highest BCUT2D eigenvalue weighted by Gasteiger charge is 2.42. The molecule has 1 amide bonds. The van der Waals surface area contributed by atoms with Gasteiger partial charge in [0.05, 0.1) is 5.56 Å². The summed E-state index contributed by atoms with van der Waals surface area (Å²) in [6.07, 6.45) is -4.76. The predicted molar refractivity (Wildman–Crippen MR) is 86.3 cm³/mol. The molecule has 2 heterocycles. The summed E-state index contributed by atoms with van der Waals surface area (Å²) in [5.74, 6) is -1.46. The van der Waals surface area contributed by atoms with Crippen molar-refractivity contribution in [1.82, 2.24) is 9.97 Å². The molecule has 0 bridgehead atoms. The molecule has 1 aliphatic heterocycles. The van der Waals surface area contributed by atoms with Crippen molar-refractivity contribution in [2.45, 2.75) is 13.1 Å². The lowest BCUT2D eigenvalue weighted by Crippen LogP contribution is -2.36. The lowest BCUT2D eigenvalue weighted by atomic mass is 10.2. The molecule has 0 aliphatic carbocycles. The molecule has 6 nitrogen and oxygen atoms in total. The second-order valence-electron chi connectivity index (χ2n) is 5.11. The minimum absolute atomic E-state index is 0. The summed E-state index contributed by atoms with van der Waals surface area (Å²) in [5, 5.41) is 0. The Morgan fingerprint density at radius 3 is 2.56 bits per heavy atom. The first-order chi connectivity index (χ1) is 11.3. The maximum Gasteiger partial charge on any atom is 0.437 e. The Balaban J connectivity index is 0.00000225. The number of carbonyl (C=O) groups excluding carboxylic acids is 1. The summed E-state index contributed by atoms with van der Waals surface area (Å²) in [6, 6.07) is 6.05. The Morgan fingerprint density at radius 1 is 1.24 bits per heavy atom. The first-order valence-corrected chi connectivity index (χ1v) is 7.07. The number of hydrogen-bond donors (Lipinski definition) is 1. The van der Waals surface area contributed by atoms with Crippen LogP contribution in [0.2, 0.25) is 0 Å². The summed E-state index contributed by atoms with van der Waals surface area (Å²) in [5.41, 5.74) is 4.42. The number of nitrogens with zero attached hydrogens (tertiary/aromatic N) is 3. The number of aryl methyl sites for hydroxylation is 1. The molecule has 0 saturated heterocycles. The lowest BCUT2D eigenvalue weighted by Gasteiger charge is -2.21. The lowest BCUT2D eigenvalue weighted by molar-refractivity contribution is -0.142. The SMILES string of the molecule is Cc1nc2c(c(C(F)(F)F)n1)Oc1ccccc1C(=O)N2CCN.Cl. The smallest absolute Gasteiger partial charge is 0.437 e. The zero-order valence-electron chi connectivity index (χ0n) is 13.0. The number of benzene rings is 1. The van der Waals surface area contributed by atoms with Crippen LogP contribution in [0.4, 0.5) is 19.0 Å². The molecule has 2 N–H and O–H groups in total. The van der Waals surface area contributed by atoms with Crippen LogP contribution in [-0.4, -0.2) is 29.0 Å². The van der Waals surface area contributed by atoms with Gasteiger partial charge in [-0.05, 0) is 19.1 Å². The van der Waals surface area contributed by atoms with Crippen LogP contribution in [-0.2, 0) is 6.18 Å². The molecule has 0 saturated carbocycles. The van der Waals surface area contributed by atoms with Gasteiger partial charge < -0.3 is 10.5 Å². The number of alkyl halides is 3. The number of amides is 1. The minimum atomic E-state index is -4.76. The van der Waals surface area contributed by atoms with Gasteiger partial charge in [-0.1, -0.05) is 12.1 Å². The van der Waals surface area contributed by atoms with Gasteiger partial charge in [-0.2, -0.15) is 13.2 Å². The fourth-order valence-electron chi connectivity index (χ4n) is 2.44. The van der Waals surface area contributed by atoms with E-state index in [1.807, 2.05) is 0 Å². The molecule has 0 fully saturated rings.